The smallest absolute Gasteiger partial charge is 0.132 e. The number of aliphatic hydroxyl groups excluding tert-OH is 4. The van der Waals surface area contributed by atoms with Gasteiger partial charge in [-0.05, 0) is 6.42 Å². The first-order valence-electron chi connectivity index (χ1n) is 6.39. The fraction of sp³-hybridized carbons (Fsp3) is 0.833. The topological polar surface area (TPSA) is 116 Å². The van der Waals surface area contributed by atoms with Crippen LogP contribution in [0.3, 0.4) is 0 Å². The third-order valence-electron chi connectivity index (χ3n) is 3.55. The molecule has 7 atom stereocenters. The van der Waals surface area contributed by atoms with E-state index in [1.54, 1.807) is 0 Å². The van der Waals surface area contributed by atoms with E-state index in [1.165, 1.54) is 11.8 Å². The predicted molar refractivity (Wildman–Crippen MR) is 71.4 cm³/mol. The first-order valence-corrected chi connectivity index (χ1v) is 7.44. The zero-order valence-electron chi connectivity index (χ0n) is 10.5. The number of thioether (sulfide) groups is 1. The van der Waals surface area contributed by atoms with Gasteiger partial charge in [0.25, 0.3) is 0 Å². The second kappa shape index (κ2) is 6.53. The van der Waals surface area contributed by atoms with E-state index in [0.29, 0.717) is 12.2 Å². The molecule has 0 aromatic rings. The number of hydrogen-bond acceptors (Lipinski definition) is 7. The van der Waals surface area contributed by atoms with Crippen LogP contribution in [0, 0.1) is 5.92 Å². The quantitative estimate of drug-likeness (QED) is 0.370. The molecule has 1 fully saturated rings. The van der Waals surface area contributed by atoms with E-state index in [-0.39, 0.29) is 12.5 Å². The van der Waals surface area contributed by atoms with E-state index in [2.05, 4.69) is 0 Å². The summed E-state index contributed by atoms with van der Waals surface area (Å²) in [6, 6.07) is -0.464. The van der Waals surface area contributed by atoms with Gasteiger partial charge in [-0.1, -0.05) is 12.2 Å². The van der Waals surface area contributed by atoms with Gasteiger partial charge in [0.15, 0.2) is 0 Å². The van der Waals surface area contributed by atoms with Crippen molar-refractivity contribution in [3.63, 3.8) is 0 Å². The Hall–Kier alpha value is -0.150. The Morgan fingerprint density at radius 1 is 1.21 bits per heavy atom. The normalized spacial score (nSPS) is 49.6. The molecule has 2 aliphatic rings. The lowest BCUT2D eigenvalue weighted by atomic mass is 9.93. The molecule has 0 aromatic heterocycles. The van der Waals surface area contributed by atoms with Crippen LogP contribution in [0.5, 0.6) is 0 Å². The molecule has 6 N–H and O–H groups in total. The lowest BCUT2D eigenvalue weighted by Crippen LogP contribution is -2.61. The van der Waals surface area contributed by atoms with Crippen molar-refractivity contribution in [1.29, 1.82) is 0 Å². The van der Waals surface area contributed by atoms with Gasteiger partial charge in [-0.2, -0.15) is 0 Å². The molecular weight excluding hydrogens is 270 g/mol. The summed E-state index contributed by atoms with van der Waals surface area (Å²) in [5, 5.41) is 38.9. The summed E-state index contributed by atoms with van der Waals surface area (Å²) < 4.78 is 5.63. The van der Waals surface area contributed by atoms with E-state index in [1.807, 2.05) is 12.2 Å². The van der Waals surface area contributed by atoms with Crippen molar-refractivity contribution in [2.24, 2.45) is 11.7 Å². The third kappa shape index (κ3) is 3.30. The number of rotatable bonds is 1. The van der Waals surface area contributed by atoms with Crippen molar-refractivity contribution in [3.8, 4) is 0 Å². The predicted octanol–water partition coefficient (Wildman–Crippen LogP) is -1.58. The Balaban J connectivity index is 2.18. The number of fused-ring (bicyclic) bond motifs is 2. The number of hydrogen-bond donors (Lipinski definition) is 5. The summed E-state index contributed by atoms with van der Waals surface area (Å²) in [5.74, 6) is 0.535. The van der Waals surface area contributed by atoms with Crippen LogP contribution in [0.4, 0.5) is 0 Å². The zero-order valence-corrected chi connectivity index (χ0v) is 11.3. The van der Waals surface area contributed by atoms with Crippen LogP contribution >= 0.6 is 11.8 Å². The largest absolute Gasteiger partial charge is 0.396 e. The molecule has 6 nitrogen and oxygen atoms in total. The Kier molecular flexibility index (Phi) is 5.24. The summed E-state index contributed by atoms with van der Waals surface area (Å²) in [5.41, 5.74) is 5.32. The SMILES string of the molecule is N[C@@H]1C/C=C\C(CO)CSC2O[C@H]1C(O)[C@@H](O)[C@H]2O. The van der Waals surface area contributed by atoms with Gasteiger partial charge in [0.2, 0.25) is 0 Å². The average Bonchev–Trinajstić information content (AvgIpc) is 2.41. The monoisotopic (exact) mass is 291 g/mol. The molecule has 2 heterocycles. The Morgan fingerprint density at radius 2 is 1.95 bits per heavy atom. The first kappa shape index (κ1) is 15.2. The van der Waals surface area contributed by atoms with E-state index in [0.717, 1.165) is 0 Å². The third-order valence-corrected chi connectivity index (χ3v) is 4.89. The molecule has 3 unspecified atom stereocenters. The molecule has 1 saturated heterocycles. The van der Waals surface area contributed by atoms with Crippen molar-refractivity contribution in [1.82, 2.24) is 0 Å². The maximum absolute atomic E-state index is 9.92. The van der Waals surface area contributed by atoms with Crippen LogP contribution in [0.15, 0.2) is 12.2 Å². The Labute approximate surface area is 116 Å². The molecule has 0 aliphatic carbocycles. The molecule has 0 amide bonds. The second-order valence-electron chi connectivity index (χ2n) is 5.04. The summed E-state index contributed by atoms with van der Waals surface area (Å²) in [4.78, 5) is 0. The Morgan fingerprint density at radius 3 is 2.63 bits per heavy atom. The van der Waals surface area contributed by atoms with Gasteiger partial charge in [-0.15, -0.1) is 11.8 Å². The maximum Gasteiger partial charge on any atom is 0.132 e. The van der Waals surface area contributed by atoms with Gasteiger partial charge in [0.1, 0.15) is 29.9 Å². The summed E-state index contributed by atoms with van der Waals surface area (Å²) in [7, 11) is 0. The highest BCUT2D eigenvalue weighted by Crippen LogP contribution is 2.32. The molecule has 7 heteroatoms. The van der Waals surface area contributed by atoms with Crippen LogP contribution < -0.4 is 5.73 Å². The van der Waals surface area contributed by atoms with Crippen molar-refractivity contribution in [2.75, 3.05) is 12.4 Å². The van der Waals surface area contributed by atoms with E-state index < -0.39 is 35.9 Å². The standard InChI is InChI=1S/C12H21NO5S/c13-7-3-1-2-6(4-14)5-19-12-10(17)8(15)9(16)11(7)18-12/h1-2,6-12,14-17H,3-5,13H2/b2-1-/t6?,7-,8-,9?,10-,11-,12?/m1/s1. The fourth-order valence-corrected chi connectivity index (χ4v) is 3.53. The van der Waals surface area contributed by atoms with Gasteiger partial charge in [0.05, 0.1) is 6.61 Å². The van der Waals surface area contributed by atoms with E-state index in [9.17, 15) is 20.4 Å². The molecule has 2 bridgehead atoms. The summed E-state index contributed by atoms with van der Waals surface area (Å²) >= 11 is 1.31. The fourth-order valence-electron chi connectivity index (χ4n) is 2.32. The van der Waals surface area contributed by atoms with Crippen LogP contribution in [0.25, 0.3) is 0 Å². The van der Waals surface area contributed by atoms with Crippen LogP contribution in [0.1, 0.15) is 6.42 Å². The van der Waals surface area contributed by atoms with Crippen molar-refractivity contribution >= 4 is 11.8 Å². The number of aliphatic hydroxyl groups is 4. The summed E-state index contributed by atoms with van der Waals surface area (Å²) in [6.07, 6.45) is -0.0828. The molecule has 0 spiro atoms. The molecule has 2 rings (SSSR count). The van der Waals surface area contributed by atoms with Gasteiger partial charge >= 0.3 is 0 Å². The minimum absolute atomic E-state index is 0.0101. The van der Waals surface area contributed by atoms with Crippen molar-refractivity contribution in [3.05, 3.63) is 12.2 Å². The van der Waals surface area contributed by atoms with Crippen LogP contribution in [-0.4, -0.2) is 68.7 Å². The van der Waals surface area contributed by atoms with Crippen molar-refractivity contribution in [2.45, 2.75) is 42.3 Å². The van der Waals surface area contributed by atoms with Gasteiger partial charge in [0, 0.05) is 17.7 Å². The highest BCUT2D eigenvalue weighted by molar-refractivity contribution is 7.99. The molecule has 0 saturated carbocycles. The highest BCUT2D eigenvalue weighted by atomic mass is 32.2. The maximum atomic E-state index is 9.92. The van der Waals surface area contributed by atoms with Gasteiger partial charge in [-0.3, -0.25) is 0 Å². The Bertz CT molecular complexity index is 329. The van der Waals surface area contributed by atoms with Gasteiger partial charge in [-0.25, -0.2) is 0 Å². The number of ether oxygens (including phenoxy) is 1. The van der Waals surface area contributed by atoms with E-state index >= 15 is 0 Å². The van der Waals surface area contributed by atoms with Crippen LogP contribution in [0.2, 0.25) is 0 Å². The molecule has 0 radical (unpaired) electrons. The minimum Gasteiger partial charge on any atom is -0.396 e. The molecule has 2 aliphatic heterocycles. The molecule has 110 valence electrons. The number of nitrogens with two attached hydrogens (primary N) is 1. The first-order chi connectivity index (χ1) is 9.04. The van der Waals surface area contributed by atoms with Gasteiger partial charge < -0.3 is 30.9 Å². The molecular formula is C12H21NO5S. The lowest BCUT2D eigenvalue weighted by Gasteiger charge is -2.42. The summed E-state index contributed by atoms with van der Waals surface area (Å²) in [6.45, 7) is 0.0101. The van der Waals surface area contributed by atoms with E-state index in [4.69, 9.17) is 10.5 Å². The lowest BCUT2D eigenvalue weighted by molar-refractivity contribution is -0.202. The van der Waals surface area contributed by atoms with Crippen molar-refractivity contribution < 1.29 is 25.2 Å². The minimum atomic E-state index is -1.27. The molecule has 19 heavy (non-hydrogen) atoms. The van der Waals surface area contributed by atoms with Crippen LogP contribution in [-0.2, 0) is 4.74 Å². The second-order valence-corrected chi connectivity index (χ2v) is 6.18. The molecule has 0 aromatic carbocycles. The highest BCUT2D eigenvalue weighted by Gasteiger charge is 2.45. The average molecular weight is 291 g/mol. The zero-order chi connectivity index (χ0) is 14.0.